The Bertz CT molecular complexity index is 692. The minimum atomic E-state index is -0.547. The highest BCUT2D eigenvalue weighted by atomic mass is 79.9. The highest BCUT2D eigenvalue weighted by molar-refractivity contribution is 9.10. The third-order valence-electron chi connectivity index (χ3n) is 2.66. The standard InChI is InChI=1S/C15H13BrN2O4/c1-3-5-22-13-10(16)6-9(8-12(13)21-4-2)7-11-14(19)18-15(20)17-11/h1,6-8H,4-5H2,2H3,(H2,17,18,19,20). The Labute approximate surface area is 136 Å². The van der Waals surface area contributed by atoms with Crippen LogP contribution in [0.2, 0.25) is 0 Å². The normalized spacial score (nSPS) is 15.2. The molecule has 114 valence electrons. The maximum atomic E-state index is 11.5. The summed E-state index contributed by atoms with van der Waals surface area (Å²) in [5.41, 5.74) is 0.826. The van der Waals surface area contributed by atoms with Gasteiger partial charge in [0.2, 0.25) is 0 Å². The Balaban J connectivity index is 2.38. The van der Waals surface area contributed by atoms with E-state index in [9.17, 15) is 9.59 Å². The molecule has 1 aromatic rings. The van der Waals surface area contributed by atoms with Crippen molar-refractivity contribution in [3.05, 3.63) is 27.9 Å². The lowest BCUT2D eigenvalue weighted by Crippen LogP contribution is -2.22. The molecule has 22 heavy (non-hydrogen) atoms. The van der Waals surface area contributed by atoms with Crippen LogP contribution in [-0.4, -0.2) is 25.2 Å². The lowest BCUT2D eigenvalue weighted by atomic mass is 10.1. The van der Waals surface area contributed by atoms with E-state index < -0.39 is 11.9 Å². The fraction of sp³-hybridized carbons (Fsp3) is 0.200. The van der Waals surface area contributed by atoms with E-state index in [0.717, 1.165) is 0 Å². The highest BCUT2D eigenvalue weighted by Crippen LogP contribution is 2.37. The van der Waals surface area contributed by atoms with Gasteiger partial charge in [0.05, 0.1) is 11.1 Å². The second-order valence-corrected chi connectivity index (χ2v) is 5.08. The van der Waals surface area contributed by atoms with Crippen molar-refractivity contribution < 1.29 is 19.1 Å². The molecule has 3 amide bonds. The molecule has 1 fully saturated rings. The van der Waals surface area contributed by atoms with Crippen molar-refractivity contribution in [2.45, 2.75) is 6.92 Å². The lowest BCUT2D eigenvalue weighted by Gasteiger charge is -2.13. The number of rotatable bonds is 5. The quantitative estimate of drug-likeness (QED) is 0.476. The van der Waals surface area contributed by atoms with Crippen molar-refractivity contribution in [2.24, 2.45) is 0 Å². The molecule has 6 nitrogen and oxygen atoms in total. The van der Waals surface area contributed by atoms with Gasteiger partial charge < -0.3 is 14.8 Å². The molecule has 2 rings (SSSR count). The average Bonchev–Trinajstić information content (AvgIpc) is 2.76. The van der Waals surface area contributed by atoms with Gasteiger partial charge in [-0.2, -0.15) is 0 Å². The fourth-order valence-corrected chi connectivity index (χ4v) is 2.41. The number of urea groups is 1. The number of hydrogen-bond donors (Lipinski definition) is 2. The fourth-order valence-electron chi connectivity index (χ4n) is 1.84. The smallest absolute Gasteiger partial charge is 0.326 e. The van der Waals surface area contributed by atoms with Crippen molar-refractivity contribution in [1.29, 1.82) is 0 Å². The number of halogens is 1. The van der Waals surface area contributed by atoms with Gasteiger partial charge in [-0.05, 0) is 46.6 Å². The van der Waals surface area contributed by atoms with Crippen molar-refractivity contribution >= 4 is 33.9 Å². The Morgan fingerprint density at radius 2 is 2.09 bits per heavy atom. The number of imide groups is 1. The molecule has 1 aliphatic rings. The summed E-state index contributed by atoms with van der Waals surface area (Å²) in [5, 5.41) is 4.55. The van der Waals surface area contributed by atoms with Crippen LogP contribution in [0.25, 0.3) is 6.08 Å². The van der Waals surface area contributed by atoms with Crippen molar-refractivity contribution in [3.8, 4) is 23.8 Å². The number of hydrogen-bond acceptors (Lipinski definition) is 4. The average molecular weight is 365 g/mol. The summed E-state index contributed by atoms with van der Waals surface area (Å²) in [7, 11) is 0. The predicted octanol–water partition coefficient (Wildman–Crippen LogP) is 2.04. The molecule has 0 aliphatic carbocycles. The van der Waals surface area contributed by atoms with Crippen LogP contribution in [0.15, 0.2) is 22.3 Å². The molecule has 1 heterocycles. The van der Waals surface area contributed by atoms with E-state index in [0.29, 0.717) is 28.1 Å². The Morgan fingerprint density at radius 1 is 1.32 bits per heavy atom. The van der Waals surface area contributed by atoms with Gasteiger partial charge in [0.1, 0.15) is 12.3 Å². The van der Waals surface area contributed by atoms with Crippen LogP contribution < -0.4 is 20.1 Å². The first-order valence-electron chi connectivity index (χ1n) is 6.41. The van der Waals surface area contributed by atoms with E-state index in [1.165, 1.54) is 0 Å². The summed E-state index contributed by atoms with van der Waals surface area (Å²) >= 11 is 3.38. The van der Waals surface area contributed by atoms with Crippen molar-refractivity contribution in [2.75, 3.05) is 13.2 Å². The Morgan fingerprint density at radius 3 is 2.68 bits per heavy atom. The van der Waals surface area contributed by atoms with Crippen LogP contribution in [-0.2, 0) is 4.79 Å². The van der Waals surface area contributed by atoms with Gasteiger partial charge in [0.25, 0.3) is 5.91 Å². The molecule has 2 N–H and O–H groups in total. The number of carbonyl (C=O) groups excluding carboxylic acids is 2. The number of ether oxygens (including phenoxy) is 2. The second-order valence-electron chi connectivity index (χ2n) is 4.22. The van der Waals surface area contributed by atoms with Gasteiger partial charge in [-0.15, -0.1) is 6.42 Å². The maximum absolute atomic E-state index is 11.5. The van der Waals surface area contributed by atoms with Gasteiger partial charge in [0, 0.05) is 0 Å². The topological polar surface area (TPSA) is 76.7 Å². The summed E-state index contributed by atoms with van der Waals surface area (Å²) in [6.07, 6.45) is 6.73. The molecular weight excluding hydrogens is 352 g/mol. The third-order valence-corrected chi connectivity index (χ3v) is 3.25. The van der Waals surface area contributed by atoms with Crippen LogP contribution in [0.4, 0.5) is 4.79 Å². The first-order valence-corrected chi connectivity index (χ1v) is 7.21. The van der Waals surface area contributed by atoms with Crippen LogP contribution >= 0.6 is 15.9 Å². The van der Waals surface area contributed by atoms with E-state index in [-0.39, 0.29) is 12.3 Å². The molecule has 0 unspecified atom stereocenters. The van der Waals surface area contributed by atoms with Crippen LogP contribution in [0.1, 0.15) is 12.5 Å². The summed E-state index contributed by atoms with van der Waals surface area (Å²) in [5.74, 6) is 2.88. The molecule has 0 atom stereocenters. The summed E-state index contributed by atoms with van der Waals surface area (Å²) < 4.78 is 11.6. The third kappa shape index (κ3) is 3.59. The summed E-state index contributed by atoms with van der Waals surface area (Å²) in [6, 6.07) is 2.89. The Kier molecular flexibility index (Phi) is 5.07. The van der Waals surface area contributed by atoms with Gasteiger partial charge in [0.15, 0.2) is 11.5 Å². The number of amides is 3. The number of carbonyl (C=O) groups is 2. The molecule has 1 aliphatic heterocycles. The highest BCUT2D eigenvalue weighted by Gasteiger charge is 2.23. The zero-order valence-electron chi connectivity index (χ0n) is 11.7. The molecule has 0 saturated carbocycles. The van der Waals surface area contributed by atoms with Gasteiger partial charge in [-0.25, -0.2) is 4.79 Å². The SMILES string of the molecule is C#CCOc1c(Br)cc(C=C2NC(=O)NC2=O)cc1OCC. The zero-order chi connectivity index (χ0) is 16.1. The van der Waals surface area contributed by atoms with E-state index in [1.807, 2.05) is 6.92 Å². The van der Waals surface area contributed by atoms with Gasteiger partial charge in [-0.3, -0.25) is 10.1 Å². The molecule has 0 radical (unpaired) electrons. The van der Waals surface area contributed by atoms with Crippen molar-refractivity contribution in [1.82, 2.24) is 10.6 Å². The first kappa shape index (κ1) is 15.9. The minimum Gasteiger partial charge on any atom is -0.490 e. The maximum Gasteiger partial charge on any atom is 0.326 e. The van der Waals surface area contributed by atoms with Crippen LogP contribution in [0, 0.1) is 12.3 Å². The minimum absolute atomic E-state index is 0.109. The van der Waals surface area contributed by atoms with Crippen molar-refractivity contribution in [3.63, 3.8) is 0 Å². The van der Waals surface area contributed by atoms with Gasteiger partial charge in [-0.1, -0.05) is 5.92 Å². The molecule has 0 bridgehead atoms. The largest absolute Gasteiger partial charge is 0.490 e. The van der Waals surface area contributed by atoms with E-state index >= 15 is 0 Å². The molecule has 0 spiro atoms. The summed E-state index contributed by atoms with van der Waals surface area (Å²) in [4.78, 5) is 22.6. The second kappa shape index (κ2) is 7.00. The van der Waals surface area contributed by atoms with E-state index in [4.69, 9.17) is 15.9 Å². The number of terminal acetylenes is 1. The molecule has 1 aromatic carbocycles. The van der Waals surface area contributed by atoms with Crippen LogP contribution in [0.3, 0.4) is 0 Å². The van der Waals surface area contributed by atoms with Crippen LogP contribution in [0.5, 0.6) is 11.5 Å². The van der Waals surface area contributed by atoms with Gasteiger partial charge >= 0.3 is 6.03 Å². The molecular formula is C15H13BrN2O4. The van der Waals surface area contributed by atoms with E-state index in [1.54, 1.807) is 18.2 Å². The molecule has 1 saturated heterocycles. The lowest BCUT2D eigenvalue weighted by molar-refractivity contribution is -0.115. The number of benzene rings is 1. The van der Waals surface area contributed by atoms with E-state index in [2.05, 4.69) is 32.5 Å². The first-order chi connectivity index (χ1) is 10.5. The predicted molar refractivity (Wildman–Crippen MR) is 84.3 cm³/mol. The zero-order valence-corrected chi connectivity index (χ0v) is 13.3. The monoisotopic (exact) mass is 364 g/mol. The summed E-state index contributed by atoms with van der Waals surface area (Å²) in [6.45, 7) is 2.39. The molecule has 7 heteroatoms. The Hall–Kier alpha value is -2.46. The molecule has 0 aromatic heterocycles. The number of nitrogens with one attached hydrogen (secondary N) is 2.